The molecule has 0 bridgehead atoms. The Morgan fingerprint density at radius 3 is 2.57 bits per heavy atom. The molecule has 1 aromatic rings. The molecule has 0 saturated heterocycles. The zero-order valence-electron chi connectivity index (χ0n) is 8.50. The Morgan fingerprint density at radius 2 is 2.07 bits per heavy atom. The van der Waals surface area contributed by atoms with Crippen LogP contribution in [0.15, 0.2) is 18.2 Å². The van der Waals surface area contributed by atoms with Gasteiger partial charge < -0.3 is 4.74 Å². The number of rotatable bonds is 3. The monoisotopic (exact) mass is 212 g/mol. The van der Waals surface area contributed by atoms with E-state index in [-0.39, 0.29) is 0 Å². The highest BCUT2D eigenvalue weighted by molar-refractivity contribution is 6.32. The molecule has 3 heteroatoms. The van der Waals surface area contributed by atoms with Crippen molar-refractivity contribution in [3.8, 4) is 5.75 Å². The van der Waals surface area contributed by atoms with Gasteiger partial charge in [0, 0.05) is 0 Å². The molecule has 0 aromatic heterocycles. The van der Waals surface area contributed by atoms with Gasteiger partial charge in [-0.15, -0.1) is 0 Å². The summed E-state index contributed by atoms with van der Waals surface area (Å²) < 4.78 is 5.44. The summed E-state index contributed by atoms with van der Waals surface area (Å²) in [5.41, 5.74) is 0.227. The Morgan fingerprint density at radius 1 is 1.43 bits per heavy atom. The first kappa shape index (κ1) is 11.1. The van der Waals surface area contributed by atoms with Gasteiger partial charge in [-0.2, -0.15) is 0 Å². The van der Waals surface area contributed by atoms with Gasteiger partial charge in [0.15, 0.2) is 11.9 Å². The maximum Gasteiger partial charge on any atom is 0.162 e. The quantitative estimate of drug-likeness (QED) is 0.720. The molecule has 76 valence electrons. The number of carbonyl (C=O) groups is 1. The highest BCUT2D eigenvalue weighted by Crippen LogP contribution is 2.27. The van der Waals surface area contributed by atoms with E-state index in [0.29, 0.717) is 10.8 Å². The first-order chi connectivity index (χ1) is 6.44. The molecule has 0 spiro atoms. The van der Waals surface area contributed by atoms with Crippen LogP contribution in [-0.4, -0.2) is 11.9 Å². The molecule has 0 atom stereocenters. The lowest BCUT2D eigenvalue weighted by molar-refractivity contribution is -0.118. The van der Waals surface area contributed by atoms with Gasteiger partial charge in [0.25, 0.3) is 0 Å². The van der Waals surface area contributed by atoms with E-state index >= 15 is 0 Å². The summed E-state index contributed by atoms with van der Waals surface area (Å²) in [4.78, 5) is 10.6. The first-order valence-corrected chi connectivity index (χ1v) is 4.74. The van der Waals surface area contributed by atoms with Gasteiger partial charge in [0.2, 0.25) is 0 Å². The highest BCUT2D eigenvalue weighted by Gasteiger charge is 2.19. The maximum absolute atomic E-state index is 10.6. The van der Waals surface area contributed by atoms with Gasteiger partial charge >= 0.3 is 0 Å². The van der Waals surface area contributed by atoms with Crippen molar-refractivity contribution in [2.45, 2.75) is 26.4 Å². The van der Waals surface area contributed by atoms with Crippen molar-refractivity contribution in [3.05, 3.63) is 28.8 Å². The van der Waals surface area contributed by atoms with Crippen molar-refractivity contribution in [2.24, 2.45) is 0 Å². The third-order valence-electron chi connectivity index (χ3n) is 1.74. The van der Waals surface area contributed by atoms with Crippen LogP contribution in [0.4, 0.5) is 0 Å². The summed E-state index contributed by atoms with van der Waals surface area (Å²) in [5, 5.41) is 0.528. The summed E-state index contributed by atoms with van der Waals surface area (Å²) in [6.45, 7) is 5.33. The minimum Gasteiger partial charge on any atom is -0.479 e. The molecule has 0 unspecified atom stereocenters. The summed E-state index contributed by atoms with van der Waals surface area (Å²) >= 11 is 5.95. The molecule has 2 nitrogen and oxygen atoms in total. The second-order valence-corrected chi connectivity index (χ2v) is 4.16. The van der Waals surface area contributed by atoms with Crippen LogP contribution in [0.2, 0.25) is 5.02 Å². The van der Waals surface area contributed by atoms with Crippen molar-refractivity contribution < 1.29 is 9.53 Å². The fourth-order valence-electron chi connectivity index (χ4n) is 0.996. The maximum atomic E-state index is 10.6. The zero-order chi connectivity index (χ0) is 10.8. The van der Waals surface area contributed by atoms with E-state index in [1.807, 2.05) is 13.0 Å². The van der Waals surface area contributed by atoms with E-state index in [2.05, 4.69) is 0 Å². The average Bonchev–Trinajstić information content (AvgIpc) is 2.10. The van der Waals surface area contributed by atoms with Crippen LogP contribution >= 0.6 is 11.6 Å². The smallest absolute Gasteiger partial charge is 0.162 e. The van der Waals surface area contributed by atoms with Gasteiger partial charge in [-0.25, -0.2) is 0 Å². The topological polar surface area (TPSA) is 26.3 Å². The number of halogens is 1. The highest BCUT2D eigenvalue weighted by atomic mass is 35.5. The molecule has 0 aliphatic carbocycles. The van der Waals surface area contributed by atoms with E-state index in [1.54, 1.807) is 26.0 Å². The Hall–Kier alpha value is -1.02. The molecule has 0 aliphatic rings. The van der Waals surface area contributed by atoms with Crippen molar-refractivity contribution in [1.82, 2.24) is 0 Å². The predicted molar refractivity (Wildman–Crippen MR) is 57.0 cm³/mol. The molecule has 0 heterocycles. The average molecular weight is 213 g/mol. The fraction of sp³-hybridized carbons (Fsp3) is 0.364. The lowest BCUT2D eigenvalue weighted by atomic mass is 10.1. The normalized spacial score (nSPS) is 11.1. The van der Waals surface area contributed by atoms with Gasteiger partial charge in [-0.3, -0.25) is 4.79 Å². The molecule has 0 N–H and O–H groups in total. The van der Waals surface area contributed by atoms with Crippen LogP contribution in [-0.2, 0) is 4.79 Å². The number of benzene rings is 1. The van der Waals surface area contributed by atoms with Gasteiger partial charge in [-0.05, 0) is 38.5 Å². The van der Waals surface area contributed by atoms with Crippen molar-refractivity contribution >= 4 is 17.9 Å². The molecular weight excluding hydrogens is 200 g/mol. The van der Waals surface area contributed by atoms with Gasteiger partial charge in [0.05, 0.1) is 5.02 Å². The third kappa shape index (κ3) is 2.74. The molecule has 1 aromatic carbocycles. The Labute approximate surface area is 88.8 Å². The first-order valence-electron chi connectivity index (χ1n) is 4.36. The summed E-state index contributed by atoms with van der Waals surface area (Å²) in [7, 11) is 0. The van der Waals surface area contributed by atoms with Crippen LogP contribution in [0, 0.1) is 6.92 Å². The van der Waals surface area contributed by atoms with E-state index in [9.17, 15) is 4.79 Å². The molecule has 0 amide bonds. The van der Waals surface area contributed by atoms with Crippen molar-refractivity contribution in [3.63, 3.8) is 0 Å². The molecular formula is C11H13ClO2. The van der Waals surface area contributed by atoms with Crippen molar-refractivity contribution in [1.29, 1.82) is 0 Å². The number of hydrogen-bond donors (Lipinski definition) is 0. The molecule has 0 saturated carbocycles. The lowest BCUT2D eigenvalue weighted by Gasteiger charge is -2.20. The van der Waals surface area contributed by atoms with Crippen LogP contribution in [0.25, 0.3) is 0 Å². The van der Waals surface area contributed by atoms with Gasteiger partial charge in [0.1, 0.15) is 5.75 Å². The summed E-state index contributed by atoms with van der Waals surface area (Å²) in [6.07, 6.45) is 0.753. The Balaban J connectivity index is 2.92. The molecule has 1 rings (SSSR count). The Bertz CT molecular complexity index is 345. The van der Waals surface area contributed by atoms with E-state index in [0.717, 1.165) is 11.8 Å². The predicted octanol–water partition coefficient (Wildman–Crippen LogP) is 3.00. The molecule has 14 heavy (non-hydrogen) atoms. The second kappa shape index (κ2) is 4.01. The van der Waals surface area contributed by atoms with Crippen LogP contribution in [0.5, 0.6) is 5.75 Å². The number of aldehydes is 1. The minimum atomic E-state index is -0.834. The van der Waals surface area contributed by atoms with Crippen LogP contribution in [0.3, 0.4) is 0 Å². The lowest BCUT2D eigenvalue weighted by Crippen LogP contribution is -2.29. The number of ether oxygens (including phenoxy) is 1. The Kier molecular flexibility index (Phi) is 3.17. The minimum absolute atomic E-state index is 0.528. The summed E-state index contributed by atoms with van der Waals surface area (Å²) in [6, 6.07) is 5.46. The van der Waals surface area contributed by atoms with E-state index in [1.165, 1.54) is 0 Å². The third-order valence-corrected chi connectivity index (χ3v) is 2.04. The van der Waals surface area contributed by atoms with E-state index in [4.69, 9.17) is 16.3 Å². The largest absolute Gasteiger partial charge is 0.479 e. The number of carbonyl (C=O) groups excluding carboxylic acids is 1. The van der Waals surface area contributed by atoms with E-state index < -0.39 is 5.60 Å². The SMILES string of the molecule is Cc1ccc(OC(C)(C)C=O)c(Cl)c1. The summed E-state index contributed by atoms with van der Waals surface area (Å²) in [5.74, 6) is 0.536. The van der Waals surface area contributed by atoms with Crippen LogP contribution in [0.1, 0.15) is 19.4 Å². The fourth-order valence-corrected chi connectivity index (χ4v) is 1.27. The zero-order valence-corrected chi connectivity index (χ0v) is 9.26. The van der Waals surface area contributed by atoms with Crippen molar-refractivity contribution in [2.75, 3.05) is 0 Å². The van der Waals surface area contributed by atoms with Crippen LogP contribution < -0.4 is 4.74 Å². The standard InChI is InChI=1S/C11H13ClO2/c1-8-4-5-10(9(12)6-8)14-11(2,3)7-13/h4-7H,1-3H3. The molecule has 0 fully saturated rings. The van der Waals surface area contributed by atoms with Gasteiger partial charge in [-0.1, -0.05) is 17.7 Å². The number of hydrogen-bond acceptors (Lipinski definition) is 2. The second-order valence-electron chi connectivity index (χ2n) is 3.76. The molecule has 0 aliphatic heterocycles. The molecule has 0 radical (unpaired) electrons. The number of aryl methyl sites for hydroxylation is 1.